The van der Waals surface area contributed by atoms with Crippen molar-refractivity contribution in [1.82, 2.24) is 20.2 Å². The van der Waals surface area contributed by atoms with Crippen molar-refractivity contribution in [3.8, 4) is 17.2 Å². The highest BCUT2D eigenvalue weighted by atomic mass is 16.5. The molecule has 1 amide bonds. The number of carbonyl (C=O) groups is 1. The first-order valence-electron chi connectivity index (χ1n) is 11.6. The molecule has 0 atom stereocenters. The maximum Gasteiger partial charge on any atom is 0.252 e. The molecule has 3 heterocycles. The molecule has 2 aliphatic rings. The Hall–Kier alpha value is -4.13. The number of aryl methyl sites for hydroxylation is 1. The van der Waals surface area contributed by atoms with Crippen molar-refractivity contribution in [2.45, 2.75) is 25.3 Å². The second-order valence-corrected chi connectivity index (χ2v) is 8.97. The zero-order chi connectivity index (χ0) is 24.4. The molecule has 0 saturated heterocycles. The van der Waals surface area contributed by atoms with Crippen LogP contribution in [0.15, 0.2) is 77.8 Å². The average molecular weight is 469 g/mol. The van der Waals surface area contributed by atoms with Crippen LogP contribution in [0, 0.1) is 6.92 Å². The number of nitrogens with one attached hydrogen (secondary N) is 1. The minimum atomic E-state index is -0.434. The highest BCUT2D eigenvalue weighted by Crippen LogP contribution is 2.49. The minimum absolute atomic E-state index is 0.109. The van der Waals surface area contributed by atoms with Crippen molar-refractivity contribution < 1.29 is 13.9 Å². The summed E-state index contributed by atoms with van der Waals surface area (Å²) in [5.41, 5.74) is 3.82. The SMILES string of the molecule is CN1C=CC1.COc1ccc(C)c(C(=O)NC2(c3cc(-c4ncco4)cc4ncccc34)CC2)c1. The lowest BCUT2D eigenvalue weighted by molar-refractivity contribution is 0.0930. The molecular weight excluding hydrogens is 440 g/mol. The van der Waals surface area contributed by atoms with E-state index in [0.717, 1.165) is 47.0 Å². The maximum absolute atomic E-state index is 13.2. The maximum atomic E-state index is 13.2. The van der Waals surface area contributed by atoms with Gasteiger partial charge in [0.15, 0.2) is 0 Å². The minimum Gasteiger partial charge on any atom is -0.497 e. The Bertz CT molecular complexity index is 1390. The predicted octanol–water partition coefficient (Wildman–Crippen LogP) is 5.07. The summed E-state index contributed by atoms with van der Waals surface area (Å²) in [6.07, 6.45) is 10.8. The first kappa shape index (κ1) is 22.7. The Balaban J connectivity index is 0.000000453. The summed E-state index contributed by atoms with van der Waals surface area (Å²) in [5, 5.41) is 4.30. The lowest BCUT2D eigenvalue weighted by Crippen LogP contribution is -2.35. The number of benzene rings is 2. The van der Waals surface area contributed by atoms with Crippen molar-refractivity contribution in [1.29, 1.82) is 0 Å². The number of ether oxygens (including phenoxy) is 1. The summed E-state index contributed by atoms with van der Waals surface area (Å²) in [6.45, 7) is 3.07. The van der Waals surface area contributed by atoms with Gasteiger partial charge in [-0.05, 0) is 73.5 Å². The zero-order valence-electron chi connectivity index (χ0n) is 20.1. The quantitative estimate of drug-likeness (QED) is 0.440. The monoisotopic (exact) mass is 468 g/mol. The lowest BCUT2D eigenvalue weighted by atomic mass is 9.95. The van der Waals surface area contributed by atoms with Crippen LogP contribution in [0.5, 0.6) is 5.75 Å². The van der Waals surface area contributed by atoms with Crippen molar-refractivity contribution in [3.05, 3.63) is 90.1 Å². The zero-order valence-corrected chi connectivity index (χ0v) is 20.1. The summed E-state index contributed by atoms with van der Waals surface area (Å²) in [6, 6.07) is 13.5. The number of methoxy groups -OCH3 is 1. The van der Waals surface area contributed by atoms with Crippen molar-refractivity contribution in [2.24, 2.45) is 0 Å². The van der Waals surface area contributed by atoms with E-state index in [1.807, 2.05) is 37.3 Å². The third-order valence-electron chi connectivity index (χ3n) is 6.46. The highest BCUT2D eigenvalue weighted by Gasteiger charge is 2.47. The molecule has 1 saturated carbocycles. The van der Waals surface area contributed by atoms with Gasteiger partial charge in [-0.3, -0.25) is 9.78 Å². The average Bonchev–Trinajstić information content (AvgIpc) is 3.42. The van der Waals surface area contributed by atoms with Gasteiger partial charge in [-0.25, -0.2) is 4.98 Å². The third-order valence-corrected chi connectivity index (χ3v) is 6.46. The molecule has 35 heavy (non-hydrogen) atoms. The van der Waals surface area contributed by atoms with Crippen LogP contribution in [0.1, 0.15) is 34.3 Å². The molecule has 7 nitrogen and oxygen atoms in total. The van der Waals surface area contributed by atoms with Crippen LogP contribution in [-0.2, 0) is 5.54 Å². The molecule has 1 fully saturated rings. The molecule has 2 aromatic heterocycles. The molecule has 6 rings (SSSR count). The van der Waals surface area contributed by atoms with E-state index in [1.54, 1.807) is 31.8 Å². The van der Waals surface area contributed by atoms with Gasteiger partial charge >= 0.3 is 0 Å². The van der Waals surface area contributed by atoms with E-state index < -0.39 is 5.54 Å². The van der Waals surface area contributed by atoms with Gasteiger partial charge in [-0.15, -0.1) is 0 Å². The lowest BCUT2D eigenvalue weighted by Gasteiger charge is -2.21. The third kappa shape index (κ3) is 4.62. The Morgan fingerprint density at radius 3 is 2.57 bits per heavy atom. The number of aromatic nitrogens is 2. The summed E-state index contributed by atoms with van der Waals surface area (Å²) < 4.78 is 10.8. The normalized spacial score (nSPS) is 15.1. The first-order valence-corrected chi connectivity index (χ1v) is 11.6. The summed E-state index contributed by atoms with van der Waals surface area (Å²) in [5.74, 6) is 1.09. The smallest absolute Gasteiger partial charge is 0.252 e. The van der Waals surface area contributed by atoms with Gasteiger partial charge < -0.3 is 19.4 Å². The largest absolute Gasteiger partial charge is 0.497 e. The van der Waals surface area contributed by atoms with Crippen LogP contribution in [0.3, 0.4) is 0 Å². The number of pyridine rings is 1. The van der Waals surface area contributed by atoms with Crippen molar-refractivity contribution in [2.75, 3.05) is 20.7 Å². The van der Waals surface area contributed by atoms with Gasteiger partial charge in [0.05, 0.1) is 24.4 Å². The number of oxazole rings is 1. The van der Waals surface area contributed by atoms with E-state index in [2.05, 4.69) is 45.6 Å². The van der Waals surface area contributed by atoms with Gasteiger partial charge in [0, 0.05) is 36.3 Å². The second-order valence-electron chi connectivity index (χ2n) is 8.97. The van der Waals surface area contributed by atoms with Gasteiger partial charge in [0.2, 0.25) is 5.89 Å². The fraction of sp³-hybridized carbons (Fsp3) is 0.250. The highest BCUT2D eigenvalue weighted by molar-refractivity contribution is 5.97. The topological polar surface area (TPSA) is 80.5 Å². The van der Waals surface area contributed by atoms with Gasteiger partial charge in [-0.1, -0.05) is 12.1 Å². The Kier molecular flexibility index (Phi) is 5.99. The molecule has 4 aromatic rings. The number of nitrogens with zero attached hydrogens (tertiary/aromatic N) is 3. The number of likely N-dealkylation sites (N-methyl/N-ethyl adjacent to an activating group) is 1. The number of hydrogen-bond donors (Lipinski definition) is 1. The van der Waals surface area contributed by atoms with Crippen LogP contribution in [0.4, 0.5) is 0 Å². The van der Waals surface area contributed by atoms with Crippen LogP contribution in [-0.4, -0.2) is 41.5 Å². The van der Waals surface area contributed by atoms with Gasteiger partial charge in [0.1, 0.15) is 12.0 Å². The molecule has 0 radical (unpaired) electrons. The Morgan fingerprint density at radius 2 is 1.94 bits per heavy atom. The van der Waals surface area contributed by atoms with Gasteiger partial charge in [-0.2, -0.15) is 0 Å². The van der Waals surface area contributed by atoms with E-state index in [-0.39, 0.29) is 5.91 Å². The predicted molar refractivity (Wildman–Crippen MR) is 135 cm³/mol. The summed E-state index contributed by atoms with van der Waals surface area (Å²) >= 11 is 0. The standard InChI is InChI=1S/C24H21N3O3.C4H7N/c1-15-5-6-17(29-2)14-19(15)22(28)27-24(7-8-24)20-12-16(23-26-10-11-30-23)13-21-18(20)4-3-9-25-21;1-5-3-2-4-5/h3-6,9-14H,7-8H2,1-2H3,(H,27,28);2-3H,4H2,1H3. The van der Waals surface area contributed by atoms with E-state index in [4.69, 9.17) is 9.15 Å². The molecule has 0 spiro atoms. The fourth-order valence-corrected chi connectivity index (χ4v) is 4.23. The molecule has 2 aromatic carbocycles. The second kappa shape index (κ2) is 9.25. The molecule has 178 valence electrons. The summed E-state index contributed by atoms with van der Waals surface area (Å²) in [7, 11) is 3.65. The molecule has 1 aliphatic heterocycles. The molecule has 1 aliphatic carbocycles. The van der Waals surface area contributed by atoms with E-state index >= 15 is 0 Å². The molecule has 7 heteroatoms. The molecule has 0 bridgehead atoms. The molecular formula is C28H28N4O3. The van der Waals surface area contributed by atoms with Crippen LogP contribution in [0.2, 0.25) is 0 Å². The van der Waals surface area contributed by atoms with E-state index in [0.29, 0.717) is 17.2 Å². The number of fused-ring (bicyclic) bond motifs is 1. The summed E-state index contributed by atoms with van der Waals surface area (Å²) in [4.78, 5) is 24.1. The van der Waals surface area contributed by atoms with E-state index in [1.165, 1.54) is 0 Å². The number of rotatable bonds is 5. The van der Waals surface area contributed by atoms with Gasteiger partial charge in [0.25, 0.3) is 5.91 Å². The Morgan fingerprint density at radius 1 is 1.14 bits per heavy atom. The van der Waals surface area contributed by atoms with Crippen molar-refractivity contribution in [3.63, 3.8) is 0 Å². The Labute approximate surface area is 204 Å². The van der Waals surface area contributed by atoms with Crippen LogP contribution < -0.4 is 10.1 Å². The first-order chi connectivity index (χ1) is 17.0. The fourth-order valence-electron chi connectivity index (χ4n) is 4.23. The number of hydrogen-bond acceptors (Lipinski definition) is 6. The van der Waals surface area contributed by atoms with Crippen LogP contribution >= 0.6 is 0 Å². The molecule has 0 unspecified atom stereocenters. The van der Waals surface area contributed by atoms with E-state index in [9.17, 15) is 4.79 Å². The van der Waals surface area contributed by atoms with Crippen molar-refractivity contribution >= 4 is 16.8 Å². The number of amides is 1. The number of carbonyl (C=O) groups excluding carboxylic acids is 1. The van der Waals surface area contributed by atoms with Crippen LogP contribution in [0.25, 0.3) is 22.4 Å². The molecule has 1 N–H and O–H groups in total.